The van der Waals surface area contributed by atoms with Gasteiger partial charge in [0.1, 0.15) is 11.4 Å². The minimum absolute atomic E-state index is 0.120. The summed E-state index contributed by atoms with van der Waals surface area (Å²) in [7, 11) is 0. The minimum Gasteiger partial charge on any atom is -0.477 e. The van der Waals surface area contributed by atoms with Gasteiger partial charge < -0.3 is 10.4 Å². The maximum Gasteiger partial charge on any atom is 0.341 e. The standard InChI is InChI=1S/C19H23FN2O3/c1-3-4-13-9-14(19(24)25)18(23)22-10-15(20)16(11(2)17(13)22)12-5-7-21-8-6-12/h9-10,12,21H,3-8H2,1-2H3,(H,24,25). The molecule has 0 aliphatic carbocycles. The number of aromatic carboxylic acids is 1. The summed E-state index contributed by atoms with van der Waals surface area (Å²) in [5.74, 6) is -1.59. The largest absolute Gasteiger partial charge is 0.477 e. The Morgan fingerprint density at radius 1 is 1.40 bits per heavy atom. The molecule has 3 heterocycles. The highest BCUT2D eigenvalue weighted by Crippen LogP contribution is 2.33. The van der Waals surface area contributed by atoms with E-state index in [1.807, 2.05) is 13.8 Å². The van der Waals surface area contributed by atoms with Gasteiger partial charge in [-0.05, 0) is 68.0 Å². The van der Waals surface area contributed by atoms with Crippen molar-refractivity contribution in [2.75, 3.05) is 13.1 Å². The van der Waals surface area contributed by atoms with Gasteiger partial charge in [-0.25, -0.2) is 9.18 Å². The van der Waals surface area contributed by atoms with Crippen LogP contribution in [-0.4, -0.2) is 28.6 Å². The number of aryl methyl sites for hydroxylation is 2. The van der Waals surface area contributed by atoms with Crippen LogP contribution in [0.1, 0.15) is 59.2 Å². The van der Waals surface area contributed by atoms with Crippen molar-refractivity contribution in [3.63, 3.8) is 0 Å². The highest BCUT2D eigenvalue weighted by Gasteiger charge is 2.25. The third-order valence-electron chi connectivity index (χ3n) is 5.07. The summed E-state index contributed by atoms with van der Waals surface area (Å²) in [6, 6.07) is 1.46. The molecule has 0 radical (unpaired) electrons. The quantitative estimate of drug-likeness (QED) is 0.893. The van der Waals surface area contributed by atoms with Crippen LogP contribution in [0.5, 0.6) is 0 Å². The number of carbonyl (C=O) groups is 1. The van der Waals surface area contributed by atoms with Crippen LogP contribution in [0.25, 0.3) is 5.52 Å². The SMILES string of the molecule is CCCc1cc(C(=O)O)c(=O)n2cc(F)c(C3CCNCC3)c(C)c12. The molecule has 25 heavy (non-hydrogen) atoms. The number of rotatable bonds is 4. The molecule has 134 valence electrons. The molecule has 1 aliphatic rings. The first-order valence-electron chi connectivity index (χ1n) is 8.77. The fourth-order valence-corrected chi connectivity index (χ4v) is 3.95. The van der Waals surface area contributed by atoms with E-state index < -0.39 is 17.3 Å². The van der Waals surface area contributed by atoms with Gasteiger partial charge in [0.2, 0.25) is 0 Å². The van der Waals surface area contributed by atoms with Crippen LogP contribution in [0, 0.1) is 12.7 Å². The second-order valence-electron chi connectivity index (χ2n) is 6.70. The maximum atomic E-state index is 14.9. The Morgan fingerprint density at radius 2 is 2.08 bits per heavy atom. The first-order valence-corrected chi connectivity index (χ1v) is 8.77. The molecular weight excluding hydrogens is 323 g/mol. The molecule has 6 heteroatoms. The first-order chi connectivity index (χ1) is 12.0. The number of fused-ring (bicyclic) bond motifs is 1. The van der Waals surface area contributed by atoms with Crippen LogP contribution in [0.2, 0.25) is 0 Å². The van der Waals surface area contributed by atoms with Gasteiger partial charge >= 0.3 is 5.97 Å². The monoisotopic (exact) mass is 346 g/mol. The van der Waals surface area contributed by atoms with E-state index in [2.05, 4.69) is 5.32 Å². The van der Waals surface area contributed by atoms with E-state index in [1.165, 1.54) is 16.7 Å². The summed E-state index contributed by atoms with van der Waals surface area (Å²) < 4.78 is 16.1. The summed E-state index contributed by atoms with van der Waals surface area (Å²) >= 11 is 0. The molecule has 5 nitrogen and oxygen atoms in total. The number of hydrogen-bond donors (Lipinski definition) is 2. The van der Waals surface area contributed by atoms with Crippen LogP contribution in [0.4, 0.5) is 4.39 Å². The number of carboxylic acids is 1. The number of halogens is 1. The lowest BCUT2D eigenvalue weighted by molar-refractivity contribution is 0.0694. The zero-order valence-electron chi connectivity index (χ0n) is 14.6. The predicted octanol–water partition coefficient (Wildman–Crippen LogP) is 2.86. The Balaban J connectivity index is 2.33. The van der Waals surface area contributed by atoms with E-state index in [4.69, 9.17) is 0 Å². The fourth-order valence-electron chi connectivity index (χ4n) is 3.95. The van der Waals surface area contributed by atoms with E-state index >= 15 is 0 Å². The summed E-state index contributed by atoms with van der Waals surface area (Å²) in [6.07, 6.45) is 4.34. The van der Waals surface area contributed by atoms with Crippen LogP contribution >= 0.6 is 0 Å². The molecule has 0 saturated carbocycles. The molecule has 0 bridgehead atoms. The van der Waals surface area contributed by atoms with Gasteiger partial charge in [-0.15, -0.1) is 0 Å². The van der Waals surface area contributed by atoms with E-state index in [0.29, 0.717) is 17.5 Å². The van der Waals surface area contributed by atoms with Gasteiger partial charge in [0.15, 0.2) is 0 Å². The molecule has 0 spiro atoms. The van der Waals surface area contributed by atoms with E-state index in [1.54, 1.807) is 0 Å². The highest BCUT2D eigenvalue weighted by atomic mass is 19.1. The Morgan fingerprint density at radius 3 is 2.68 bits per heavy atom. The van der Waals surface area contributed by atoms with Crippen molar-refractivity contribution in [1.82, 2.24) is 9.72 Å². The van der Waals surface area contributed by atoms with Crippen molar-refractivity contribution in [3.8, 4) is 0 Å². The highest BCUT2D eigenvalue weighted by molar-refractivity contribution is 5.88. The van der Waals surface area contributed by atoms with Crippen LogP contribution in [0.15, 0.2) is 17.1 Å². The summed E-state index contributed by atoms with van der Waals surface area (Å²) in [4.78, 5) is 23.9. The zero-order chi connectivity index (χ0) is 18.1. The molecule has 1 aliphatic heterocycles. The Hall–Kier alpha value is -2.21. The number of nitrogens with one attached hydrogen (secondary N) is 1. The van der Waals surface area contributed by atoms with Crippen molar-refractivity contribution >= 4 is 11.5 Å². The molecule has 0 atom stereocenters. The van der Waals surface area contributed by atoms with Crippen molar-refractivity contribution in [3.05, 3.63) is 50.7 Å². The normalized spacial score (nSPS) is 15.6. The summed E-state index contributed by atoms with van der Waals surface area (Å²) in [5.41, 5.74) is 1.88. The average Bonchev–Trinajstić information content (AvgIpc) is 2.58. The van der Waals surface area contributed by atoms with Gasteiger partial charge in [-0.2, -0.15) is 0 Å². The predicted molar refractivity (Wildman–Crippen MR) is 94.2 cm³/mol. The first kappa shape index (κ1) is 17.6. The second kappa shape index (κ2) is 6.96. The van der Waals surface area contributed by atoms with Gasteiger partial charge in [0.25, 0.3) is 5.56 Å². The Kier molecular flexibility index (Phi) is 4.90. The topological polar surface area (TPSA) is 70.8 Å². The maximum absolute atomic E-state index is 14.9. The van der Waals surface area contributed by atoms with Crippen LogP contribution in [0.3, 0.4) is 0 Å². The third-order valence-corrected chi connectivity index (χ3v) is 5.07. The minimum atomic E-state index is -1.28. The van der Waals surface area contributed by atoms with Gasteiger partial charge in [0, 0.05) is 6.20 Å². The van der Waals surface area contributed by atoms with Crippen molar-refractivity contribution in [1.29, 1.82) is 0 Å². The van der Waals surface area contributed by atoms with Crippen LogP contribution < -0.4 is 10.9 Å². The number of piperidine rings is 1. The molecule has 3 rings (SSSR count). The molecule has 2 aromatic rings. The second-order valence-corrected chi connectivity index (χ2v) is 6.70. The number of pyridine rings is 2. The third kappa shape index (κ3) is 3.06. The average molecular weight is 346 g/mol. The van der Waals surface area contributed by atoms with E-state index in [-0.39, 0.29) is 11.5 Å². The molecule has 1 fully saturated rings. The summed E-state index contributed by atoms with van der Waals surface area (Å²) in [5, 5.41) is 12.6. The fraction of sp³-hybridized carbons (Fsp3) is 0.474. The smallest absolute Gasteiger partial charge is 0.341 e. The number of nitrogens with zero attached hydrogens (tertiary/aromatic N) is 1. The van der Waals surface area contributed by atoms with Gasteiger partial charge in [-0.1, -0.05) is 13.3 Å². The molecule has 2 N–H and O–H groups in total. The lowest BCUT2D eigenvalue weighted by Gasteiger charge is -2.26. The molecule has 1 saturated heterocycles. The number of carboxylic acid groups (broad SMARTS) is 1. The Bertz CT molecular complexity index is 883. The Labute approximate surface area is 145 Å². The van der Waals surface area contributed by atoms with Crippen molar-refractivity contribution in [2.45, 2.75) is 45.4 Å². The van der Waals surface area contributed by atoms with Gasteiger partial charge in [-0.3, -0.25) is 9.20 Å². The number of aromatic nitrogens is 1. The molecule has 2 aromatic heterocycles. The summed E-state index contributed by atoms with van der Waals surface area (Å²) in [6.45, 7) is 5.53. The number of hydrogen-bond acceptors (Lipinski definition) is 3. The van der Waals surface area contributed by atoms with Crippen LogP contribution in [-0.2, 0) is 6.42 Å². The molecule has 0 unspecified atom stereocenters. The molecule has 0 amide bonds. The van der Waals surface area contributed by atoms with Gasteiger partial charge in [0.05, 0.1) is 5.52 Å². The van der Waals surface area contributed by atoms with E-state index in [0.717, 1.165) is 43.5 Å². The lowest BCUT2D eigenvalue weighted by atomic mass is 9.86. The lowest BCUT2D eigenvalue weighted by Crippen LogP contribution is -2.29. The van der Waals surface area contributed by atoms with Crippen molar-refractivity contribution < 1.29 is 14.3 Å². The zero-order valence-corrected chi connectivity index (χ0v) is 14.6. The van der Waals surface area contributed by atoms with E-state index in [9.17, 15) is 19.1 Å². The molecular formula is C19H23FN2O3. The molecule has 0 aromatic carbocycles. The van der Waals surface area contributed by atoms with Crippen molar-refractivity contribution in [2.24, 2.45) is 0 Å².